The number of Topliss-reactive ketones (excluding diaryl/α,β-unsaturated/α-hetero) is 6. The maximum atomic E-state index is 13.6. The summed E-state index contributed by atoms with van der Waals surface area (Å²) in [5, 5.41) is 1.51. The van der Waals surface area contributed by atoms with E-state index in [2.05, 4.69) is 145 Å². The number of hydrogen-bond acceptors (Lipinski definition) is 6. The summed E-state index contributed by atoms with van der Waals surface area (Å²) in [7, 11) is 0. The summed E-state index contributed by atoms with van der Waals surface area (Å²) in [5.41, 5.74) is 8.90. The van der Waals surface area contributed by atoms with E-state index in [4.69, 9.17) is 23.2 Å². The third-order valence-corrected chi connectivity index (χ3v) is 19.8. The number of carbonyl (C=O) groups excluding carboxylic acids is 6. The van der Waals surface area contributed by atoms with E-state index >= 15 is 0 Å². The fourth-order valence-corrected chi connectivity index (χ4v) is 14.2. The van der Waals surface area contributed by atoms with Gasteiger partial charge in [0.05, 0.1) is 0 Å². The number of aryl methyl sites for hydroxylation is 2. The summed E-state index contributed by atoms with van der Waals surface area (Å²) in [5.74, 6) is 5.78. The van der Waals surface area contributed by atoms with Gasteiger partial charge in [-0.05, 0) is 196 Å². The first kappa shape index (κ1) is 99.8. The molecule has 0 aromatic heterocycles. The topological polar surface area (TPSA) is 102 Å². The van der Waals surface area contributed by atoms with Gasteiger partial charge in [0, 0.05) is 81.1 Å². The Labute approximate surface area is 666 Å². The number of rotatable bonds is 36. The van der Waals surface area contributed by atoms with Crippen molar-refractivity contribution >= 4 is 57.9 Å². The highest BCUT2D eigenvalue weighted by Gasteiger charge is 2.29. The smallest absolute Gasteiger partial charge is 0.138 e. The molecule has 0 saturated carbocycles. The molecular formula is C98H144Cl2F2O6. The third kappa shape index (κ3) is 42.3. The molecule has 6 aromatic rings. The average molecular weight is 1530 g/mol. The molecule has 0 spiro atoms. The van der Waals surface area contributed by atoms with Crippen molar-refractivity contribution in [1.29, 1.82) is 0 Å². The van der Waals surface area contributed by atoms with Crippen LogP contribution in [0.25, 0.3) is 0 Å². The molecule has 0 radical (unpaired) electrons. The molecule has 0 aliphatic carbocycles. The summed E-state index contributed by atoms with van der Waals surface area (Å²) in [6.07, 6.45) is 10.0. The van der Waals surface area contributed by atoms with Gasteiger partial charge < -0.3 is 0 Å². The van der Waals surface area contributed by atoms with Crippen LogP contribution in [-0.4, -0.2) is 34.7 Å². The Hall–Kier alpha value is -6.22. The third-order valence-electron chi connectivity index (χ3n) is 19.2. The van der Waals surface area contributed by atoms with Crippen molar-refractivity contribution in [2.45, 2.75) is 257 Å². The Morgan fingerprint density at radius 3 is 0.815 bits per heavy atom. The molecule has 6 aromatic carbocycles. The Morgan fingerprint density at radius 1 is 0.278 bits per heavy atom. The van der Waals surface area contributed by atoms with E-state index in [0.717, 1.165) is 90.9 Å². The first-order valence-corrected chi connectivity index (χ1v) is 41.5. The van der Waals surface area contributed by atoms with Crippen LogP contribution in [0, 0.1) is 132 Å². The molecule has 108 heavy (non-hydrogen) atoms. The van der Waals surface area contributed by atoms with Crippen LogP contribution in [0.4, 0.5) is 8.78 Å². The zero-order chi connectivity index (χ0) is 82.2. The summed E-state index contributed by atoms with van der Waals surface area (Å²) < 4.78 is 26.8. The standard InChI is InChI=1S/2C17H26O.2C16H23ClO.2C16H23FO/c2*1-12(2)10-16(17(18)13(3)4)11-15-8-6-14(5)7-9-15;1-11(2)8-14(16(18)12(3)4)9-13-6-5-7-15(17)10-13;1-11(2)9-14(16(18)12(3)4)10-13-7-5-6-8-15(13)17;1-11(2)8-14(16(18)12(3)4)9-13-6-5-7-15(17)10-13;1-11(2)9-14(16(18)12(3)4)10-13-7-5-6-8-15(13)17/h2*6-9,12-13,16H,10-11H2,1-5H3;5-7,10-12,14H,8-9H2,1-4H3;5-8,11-12,14H,9-10H2,1-4H3;5-7,10-12,14H,8-9H2,1-4H3;5-8,11-12,14H,9-10H2,1-4H3. The minimum atomic E-state index is -0.229. The molecule has 0 saturated heterocycles. The van der Waals surface area contributed by atoms with E-state index in [1.807, 2.05) is 144 Å². The maximum absolute atomic E-state index is 13.6. The quantitative estimate of drug-likeness (QED) is 0.0388. The van der Waals surface area contributed by atoms with Gasteiger partial charge in [0.25, 0.3) is 0 Å². The molecule has 0 aliphatic rings. The molecule has 0 aliphatic heterocycles. The molecule has 600 valence electrons. The van der Waals surface area contributed by atoms with E-state index in [1.54, 1.807) is 18.2 Å². The molecule has 0 heterocycles. The molecular weight excluding hydrogens is 1380 g/mol. The highest BCUT2D eigenvalue weighted by Crippen LogP contribution is 2.30. The molecule has 0 N–H and O–H groups in total. The van der Waals surface area contributed by atoms with Gasteiger partial charge in [-0.25, -0.2) is 8.78 Å². The summed E-state index contributed by atoms with van der Waals surface area (Å²) in [4.78, 5) is 73.3. The largest absolute Gasteiger partial charge is 0.299 e. The van der Waals surface area contributed by atoms with E-state index < -0.39 is 0 Å². The van der Waals surface area contributed by atoms with Gasteiger partial charge in [0.15, 0.2) is 0 Å². The van der Waals surface area contributed by atoms with Crippen LogP contribution in [-0.2, 0) is 67.3 Å². The van der Waals surface area contributed by atoms with Crippen molar-refractivity contribution in [3.63, 3.8) is 0 Å². The Kier molecular flexibility index (Phi) is 48.8. The van der Waals surface area contributed by atoms with Crippen molar-refractivity contribution < 1.29 is 37.5 Å². The highest BCUT2D eigenvalue weighted by molar-refractivity contribution is 6.31. The summed E-state index contributed by atoms with van der Waals surface area (Å²) >= 11 is 12.2. The zero-order valence-electron chi connectivity index (χ0n) is 71.7. The van der Waals surface area contributed by atoms with Crippen LogP contribution < -0.4 is 0 Å². The first-order valence-electron chi connectivity index (χ1n) is 40.7. The van der Waals surface area contributed by atoms with Gasteiger partial charge in [0.1, 0.15) is 46.3 Å². The predicted octanol–water partition coefficient (Wildman–Crippen LogP) is 26.9. The summed E-state index contributed by atoms with van der Waals surface area (Å²) in [6, 6.07) is 46.0. The number of hydrogen-bond donors (Lipinski definition) is 0. The van der Waals surface area contributed by atoms with E-state index in [0.29, 0.717) is 77.0 Å². The number of benzene rings is 6. The highest BCUT2D eigenvalue weighted by atomic mass is 35.5. The lowest BCUT2D eigenvalue weighted by molar-refractivity contribution is -0.127. The fourth-order valence-electron chi connectivity index (χ4n) is 13.8. The van der Waals surface area contributed by atoms with Crippen molar-refractivity contribution in [2.75, 3.05) is 0 Å². The Bertz CT molecular complexity index is 3310. The van der Waals surface area contributed by atoms with Gasteiger partial charge in [-0.3, -0.25) is 28.8 Å². The molecule has 6 unspecified atom stereocenters. The zero-order valence-corrected chi connectivity index (χ0v) is 73.2. The predicted molar refractivity (Wildman–Crippen MR) is 457 cm³/mol. The number of carbonyl (C=O) groups is 6. The van der Waals surface area contributed by atoms with Crippen LogP contribution in [0.1, 0.15) is 249 Å². The second-order valence-corrected chi connectivity index (χ2v) is 35.8. The van der Waals surface area contributed by atoms with Gasteiger partial charge in [0.2, 0.25) is 0 Å². The van der Waals surface area contributed by atoms with E-state index in [9.17, 15) is 37.5 Å². The van der Waals surface area contributed by atoms with E-state index in [-0.39, 0.29) is 94.2 Å². The van der Waals surface area contributed by atoms with Crippen molar-refractivity contribution in [3.8, 4) is 0 Å². The SMILES string of the molecule is CC(C)CC(Cc1cccc(Cl)c1)C(=O)C(C)C.CC(C)CC(Cc1cccc(F)c1)C(=O)C(C)C.CC(C)CC(Cc1ccccc1Cl)C(=O)C(C)C.CC(C)CC(Cc1ccccc1F)C(=O)C(C)C.Cc1ccc(CC(CC(C)C)C(=O)C(C)C)cc1.Cc1ccc(CC(CC(C)C)C(=O)C(C)C)cc1. The van der Waals surface area contributed by atoms with Gasteiger partial charge >= 0.3 is 0 Å². The molecule has 0 fully saturated rings. The maximum Gasteiger partial charge on any atom is 0.138 e. The molecule has 10 heteroatoms. The molecule has 0 bridgehead atoms. The lowest BCUT2D eigenvalue weighted by Gasteiger charge is -2.20. The summed E-state index contributed by atoms with van der Waals surface area (Å²) in [6.45, 7) is 53.6. The first-order chi connectivity index (χ1) is 50.4. The van der Waals surface area contributed by atoms with Crippen LogP contribution >= 0.6 is 23.2 Å². The second kappa shape index (κ2) is 52.9. The Balaban J connectivity index is 0.000000648. The Morgan fingerprint density at radius 2 is 0.537 bits per heavy atom. The molecule has 6 atom stereocenters. The lowest BCUT2D eigenvalue weighted by Crippen LogP contribution is -2.24. The van der Waals surface area contributed by atoms with Crippen molar-refractivity contribution in [2.24, 2.45) is 107 Å². The van der Waals surface area contributed by atoms with Crippen molar-refractivity contribution in [3.05, 3.63) is 212 Å². The van der Waals surface area contributed by atoms with Crippen LogP contribution in [0.2, 0.25) is 10.0 Å². The van der Waals surface area contributed by atoms with Gasteiger partial charge in [-0.2, -0.15) is 0 Å². The van der Waals surface area contributed by atoms with Crippen LogP contribution in [0.15, 0.2) is 146 Å². The lowest BCUT2D eigenvalue weighted by atomic mass is 9.84. The van der Waals surface area contributed by atoms with Crippen molar-refractivity contribution in [1.82, 2.24) is 0 Å². The molecule has 6 rings (SSSR count). The number of ketones is 6. The van der Waals surface area contributed by atoms with Crippen LogP contribution in [0.5, 0.6) is 0 Å². The van der Waals surface area contributed by atoms with E-state index in [1.165, 1.54) is 40.5 Å². The second-order valence-electron chi connectivity index (χ2n) is 34.9. The molecule has 0 amide bonds. The fraction of sp³-hybridized carbons (Fsp3) is 0.571. The average Bonchev–Trinajstić information content (AvgIpc) is 0.886. The monoisotopic (exact) mass is 1530 g/mol. The van der Waals surface area contributed by atoms with Gasteiger partial charge in [-0.15, -0.1) is 0 Å². The van der Waals surface area contributed by atoms with Gasteiger partial charge in [-0.1, -0.05) is 310 Å². The minimum absolute atomic E-state index is 0.00630. The normalized spacial score (nSPS) is 13.1. The number of halogens is 4. The minimum Gasteiger partial charge on any atom is -0.299 e. The van der Waals surface area contributed by atoms with Crippen LogP contribution in [0.3, 0.4) is 0 Å². The molecule has 6 nitrogen and oxygen atoms in total.